The summed E-state index contributed by atoms with van der Waals surface area (Å²) in [5.74, 6) is -1.54. The second kappa shape index (κ2) is 8.02. The number of amides is 1. The van der Waals surface area contributed by atoms with Crippen molar-refractivity contribution < 1.29 is 27.4 Å². The fourth-order valence-corrected chi connectivity index (χ4v) is 4.91. The van der Waals surface area contributed by atoms with Crippen LogP contribution < -0.4 is 10.5 Å². The number of thiazole rings is 2. The van der Waals surface area contributed by atoms with Crippen molar-refractivity contribution in [1.29, 1.82) is 0 Å². The molecule has 3 rings (SSSR count). The number of aromatic nitrogens is 2. The Labute approximate surface area is 173 Å². The molecule has 1 amide bonds. The fourth-order valence-electron chi connectivity index (χ4n) is 2.42. The molecule has 2 heterocycles. The monoisotopic (exact) mass is 458 g/mol. The highest BCUT2D eigenvalue weighted by Crippen LogP contribution is 2.37. The molecule has 0 fully saturated rings. The first kappa shape index (κ1) is 21.1. The summed E-state index contributed by atoms with van der Waals surface area (Å²) in [7, 11) is -3.00. The molecular formula is C16H15FN4O5S3. The molecule has 0 radical (unpaired) electrons. The Morgan fingerprint density at radius 2 is 2.10 bits per heavy atom. The van der Waals surface area contributed by atoms with Crippen molar-refractivity contribution in [2.24, 2.45) is 5.14 Å². The van der Waals surface area contributed by atoms with Crippen molar-refractivity contribution in [1.82, 2.24) is 15.3 Å². The molecule has 0 saturated carbocycles. The summed E-state index contributed by atoms with van der Waals surface area (Å²) in [6.07, 6.45) is -0.575. The van der Waals surface area contributed by atoms with E-state index in [1.807, 2.05) is 0 Å². The molecule has 9 nitrogen and oxygen atoms in total. The van der Waals surface area contributed by atoms with Gasteiger partial charge >= 0.3 is 6.09 Å². The lowest BCUT2D eigenvalue weighted by Gasteiger charge is -2.05. The number of benzene rings is 1. The number of primary sulfonamides is 1. The van der Waals surface area contributed by atoms with Crippen LogP contribution in [0.3, 0.4) is 0 Å². The van der Waals surface area contributed by atoms with Crippen molar-refractivity contribution in [3.05, 3.63) is 34.0 Å². The summed E-state index contributed by atoms with van der Waals surface area (Å²) in [5, 5.41) is 20.0. The van der Waals surface area contributed by atoms with Crippen LogP contribution in [0.15, 0.2) is 22.4 Å². The van der Waals surface area contributed by atoms with Gasteiger partial charge in [-0.2, -0.15) is 0 Å². The zero-order valence-corrected chi connectivity index (χ0v) is 17.5. The number of phenolic OH excluding ortho intramolecular Hbond substituents is 1. The van der Waals surface area contributed by atoms with Crippen LogP contribution >= 0.6 is 22.7 Å². The van der Waals surface area contributed by atoms with E-state index in [9.17, 15) is 22.7 Å². The van der Waals surface area contributed by atoms with E-state index >= 15 is 0 Å². The van der Waals surface area contributed by atoms with Crippen molar-refractivity contribution in [2.45, 2.75) is 18.4 Å². The van der Waals surface area contributed by atoms with E-state index in [0.29, 0.717) is 22.5 Å². The Morgan fingerprint density at radius 3 is 2.76 bits per heavy atom. The number of rotatable bonds is 5. The van der Waals surface area contributed by atoms with Gasteiger partial charge in [0.25, 0.3) is 0 Å². The molecule has 0 unspecified atom stereocenters. The van der Waals surface area contributed by atoms with Crippen molar-refractivity contribution in [2.75, 3.05) is 7.11 Å². The lowest BCUT2D eigenvalue weighted by molar-refractivity contribution is 0.170. The molecule has 0 atom stereocenters. The SMILES string of the molecule is COC(=O)NCc1nc(C)c(-c2csc(-c3cc(O)c(S(N)(=O)=O)cc3F)n2)s1. The number of nitrogens with zero attached hydrogens (tertiary/aromatic N) is 2. The Kier molecular flexibility index (Phi) is 5.84. The molecule has 0 spiro atoms. The maximum absolute atomic E-state index is 14.4. The number of nitrogens with two attached hydrogens (primary N) is 1. The fraction of sp³-hybridized carbons (Fsp3) is 0.188. The largest absolute Gasteiger partial charge is 0.507 e. The van der Waals surface area contributed by atoms with E-state index in [2.05, 4.69) is 20.0 Å². The van der Waals surface area contributed by atoms with E-state index < -0.39 is 32.6 Å². The highest BCUT2D eigenvalue weighted by molar-refractivity contribution is 7.89. The van der Waals surface area contributed by atoms with Gasteiger partial charge in [0, 0.05) is 10.9 Å². The van der Waals surface area contributed by atoms with Crippen LogP contribution in [0.5, 0.6) is 5.75 Å². The normalized spacial score (nSPS) is 11.4. The van der Waals surface area contributed by atoms with E-state index in [-0.39, 0.29) is 17.1 Å². The molecule has 0 bridgehead atoms. The van der Waals surface area contributed by atoms with Gasteiger partial charge in [0.2, 0.25) is 10.0 Å². The molecule has 2 aromatic heterocycles. The van der Waals surface area contributed by atoms with Crippen LogP contribution in [-0.2, 0) is 21.3 Å². The Hall–Kier alpha value is -2.61. The number of hydrogen-bond donors (Lipinski definition) is 3. The highest BCUT2D eigenvalue weighted by atomic mass is 32.2. The third kappa shape index (κ3) is 4.53. The number of aromatic hydroxyl groups is 1. The molecule has 4 N–H and O–H groups in total. The van der Waals surface area contributed by atoms with Crippen molar-refractivity contribution >= 4 is 38.8 Å². The van der Waals surface area contributed by atoms with Crippen LogP contribution in [0, 0.1) is 12.7 Å². The first-order valence-corrected chi connectivity index (χ1v) is 11.1. The predicted octanol–water partition coefficient (Wildman–Crippen LogP) is 2.59. The van der Waals surface area contributed by atoms with Gasteiger partial charge in [-0.3, -0.25) is 0 Å². The Morgan fingerprint density at radius 1 is 1.38 bits per heavy atom. The van der Waals surface area contributed by atoms with Gasteiger partial charge < -0.3 is 15.2 Å². The zero-order valence-electron chi connectivity index (χ0n) is 15.1. The summed E-state index contributed by atoms with van der Waals surface area (Å²) in [6.45, 7) is 1.96. The molecule has 3 aromatic rings. The van der Waals surface area contributed by atoms with Gasteiger partial charge in [0.15, 0.2) is 0 Å². The summed E-state index contributed by atoms with van der Waals surface area (Å²) >= 11 is 2.43. The molecule has 154 valence electrons. The van der Waals surface area contributed by atoms with Gasteiger partial charge in [-0.05, 0) is 19.1 Å². The van der Waals surface area contributed by atoms with Gasteiger partial charge in [0.1, 0.15) is 26.5 Å². The third-order valence-corrected chi connectivity index (χ3v) is 6.73. The summed E-state index contributed by atoms with van der Waals surface area (Å²) in [4.78, 5) is 20.0. The van der Waals surface area contributed by atoms with E-state index in [1.165, 1.54) is 18.4 Å². The quantitative estimate of drug-likeness (QED) is 0.533. The molecule has 0 aliphatic rings. The molecule has 1 aromatic carbocycles. The number of alkyl carbamates (subject to hydrolysis) is 1. The molecule has 0 aliphatic carbocycles. The molecule has 0 saturated heterocycles. The number of ether oxygens (including phenoxy) is 1. The number of sulfonamides is 1. The summed E-state index contributed by atoms with van der Waals surface area (Å²) < 4.78 is 41.7. The number of hydrogen-bond acceptors (Lipinski definition) is 9. The molecule has 29 heavy (non-hydrogen) atoms. The lowest BCUT2D eigenvalue weighted by atomic mass is 10.2. The average molecular weight is 459 g/mol. The molecule has 0 aliphatic heterocycles. The number of aryl methyl sites for hydroxylation is 1. The standard InChI is InChI=1S/C16H15FN4O5S3/c1-7-14(28-13(20-7)5-19-16(23)26-2)10-6-27-15(21-10)8-3-11(22)12(4-9(8)17)29(18,24)25/h3-4,6,22H,5H2,1-2H3,(H,19,23)(H2,18,24,25). The first-order chi connectivity index (χ1) is 13.6. The van der Waals surface area contributed by atoms with Crippen LogP contribution in [0.2, 0.25) is 0 Å². The minimum atomic E-state index is -4.26. The molecule has 13 heteroatoms. The number of phenols is 1. The van der Waals surface area contributed by atoms with E-state index in [4.69, 9.17) is 5.14 Å². The maximum Gasteiger partial charge on any atom is 0.407 e. The number of halogens is 1. The predicted molar refractivity (Wildman–Crippen MR) is 106 cm³/mol. The maximum atomic E-state index is 14.4. The zero-order chi connectivity index (χ0) is 21.3. The number of carbonyl (C=O) groups excluding carboxylic acids is 1. The topological polar surface area (TPSA) is 144 Å². The smallest absolute Gasteiger partial charge is 0.407 e. The molecular weight excluding hydrogens is 443 g/mol. The van der Waals surface area contributed by atoms with Gasteiger partial charge in [-0.1, -0.05) is 0 Å². The third-order valence-electron chi connectivity index (χ3n) is 3.73. The van der Waals surface area contributed by atoms with E-state index in [1.54, 1.807) is 12.3 Å². The van der Waals surface area contributed by atoms with Gasteiger partial charge in [0.05, 0.1) is 29.9 Å². The van der Waals surface area contributed by atoms with Crippen LogP contribution in [0.1, 0.15) is 10.7 Å². The van der Waals surface area contributed by atoms with Crippen LogP contribution in [0.4, 0.5) is 9.18 Å². The average Bonchev–Trinajstić information content (AvgIpc) is 3.26. The minimum absolute atomic E-state index is 0.0547. The number of methoxy groups -OCH3 is 1. The number of carbonyl (C=O) groups is 1. The van der Waals surface area contributed by atoms with Crippen LogP contribution in [-0.4, -0.2) is 36.7 Å². The Balaban J connectivity index is 1.91. The summed E-state index contributed by atoms with van der Waals surface area (Å²) in [5.41, 5.74) is 1.17. The lowest BCUT2D eigenvalue weighted by Crippen LogP contribution is -2.22. The van der Waals surface area contributed by atoms with Crippen molar-refractivity contribution in [3.63, 3.8) is 0 Å². The van der Waals surface area contributed by atoms with Gasteiger partial charge in [-0.25, -0.2) is 32.7 Å². The minimum Gasteiger partial charge on any atom is -0.507 e. The highest BCUT2D eigenvalue weighted by Gasteiger charge is 2.21. The van der Waals surface area contributed by atoms with Crippen molar-refractivity contribution in [3.8, 4) is 26.9 Å². The first-order valence-electron chi connectivity index (χ1n) is 7.90. The number of nitrogens with one attached hydrogen (secondary N) is 1. The van der Waals surface area contributed by atoms with E-state index in [0.717, 1.165) is 22.3 Å². The van der Waals surface area contributed by atoms with Crippen LogP contribution in [0.25, 0.3) is 21.1 Å². The van der Waals surface area contributed by atoms with Gasteiger partial charge in [-0.15, -0.1) is 22.7 Å². The summed E-state index contributed by atoms with van der Waals surface area (Å²) in [6, 6.07) is 1.64. The second-order valence-corrected chi connectivity index (χ2v) is 9.22. The Bertz CT molecular complexity index is 1190. The second-order valence-electron chi connectivity index (χ2n) is 5.75.